The molecular weight excluding hydrogens is 385 g/mol. The van der Waals surface area contributed by atoms with Crippen molar-refractivity contribution in [2.75, 3.05) is 36.4 Å². The van der Waals surface area contributed by atoms with Crippen LogP contribution in [0.2, 0.25) is 5.02 Å². The number of aromatic amines is 1. The van der Waals surface area contributed by atoms with E-state index in [9.17, 15) is 0 Å². The van der Waals surface area contributed by atoms with Crippen LogP contribution in [0.3, 0.4) is 0 Å². The number of nitrogens with one attached hydrogen (secondary N) is 3. The van der Waals surface area contributed by atoms with Gasteiger partial charge in [-0.05, 0) is 18.2 Å². The molecule has 0 amide bonds. The maximum Gasteiger partial charge on any atom is 0.163 e. The average molecular weight is 403 g/mol. The average Bonchev–Trinajstić information content (AvgIpc) is 3.01. The Balaban J connectivity index is 0.00000113. The van der Waals surface area contributed by atoms with Gasteiger partial charge in [-0.15, -0.1) is 24.8 Å². The Labute approximate surface area is 162 Å². The number of piperazine rings is 1. The van der Waals surface area contributed by atoms with Gasteiger partial charge in [0.2, 0.25) is 0 Å². The summed E-state index contributed by atoms with van der Waals surface area (Å²) < 4.78 is 0. The monoisotopic (exact) mass is 401 g/mol. The number of fused-ring (bicyclic) bond motifs is 1. The third-order valence-electron chi connectivity index (χ3n) is 3.84. The Hall–Kier alpha value is -1.80. The van der Waals surface area contributed by atoms with Crippen LogP contribution in [0, 0.1) is 0 Å². The van der Waals surface area contributed by atoms with Gasteiger partial charge in [-0.2, -0.15) is 5.10 Å². The Bertz CT molecular complexity index is 833. The van der Waals surface area contributed by atoms with E-state index >= 15 is 0 Å². The smallest absolute Gasteiger partial charge is 0.163 e. The SMILES string of the molecule is Cl.Cl.Clc1cccc(Nc2ncnc3[nH]nc(N4CCNCC4)c23)c1. The summed E-state index contributed by atoms with van der Waals surface area (Å²) in [6, 6.07) is 7.55. The highest BCUT2D eigenvalue weighted by molar-refractivity contribution is 6.30. The van der Waals surface area contributed by atoms with Crippen molar-refractivity contribution in [3.8, 4) is 0 Å². The predicted molar refractivity (Wildman–Crippen MR) is 106 cm³/mol. The molecule has 3 heterocycles. The summed E-state index contributed by atoms with van der Waals surface area (Å²) in [6.07, 6.45) is 1.52. The second-order valence-electron chi connectivity index (χ2n) is 5.37. The number of hydrogen-bond donors (Lipinski definition) is 3. The van der Waals surface area contributed by atoms with Gasteiger partial charge < -0.3 is 15.5 Å². The van der Waals surface area contributed by atoms with E-state index < -0.39 is 0 Å². The molecule has 2 aromatic heterocycles. The van der Waals surface area contributed by atoms with Crippen molar-refractivity contribution in [2.45, 2.75) is 0 Å². The lowest BCUT2D eigenvalue weighted by molar-refractivity contribution is 0.585. The molecule has 0 saturated carbocycles. The fraction of sp³-hybridized carbons (Fsp3) is 0.267. The standard InChI is InChI=1S/C15H16ClN7.2ClH/c16-10-2-1-3-11(8-10)20-13-12-14(19-9-18-13)21-22-15(12)23-6-4-17-5-7-23;;/h1-3,8-9,17H,4-7H2,(H2,18,19,20,21,22);2*1H. The molecule has 134 valence electrons. The first kappa shape index (κ1) is 19.5. The second kappa shape index (κ2) is 8.53. The van der Waals surface area contributed by atoms with Crippen LogP contribution in [0.4, 0.5) is 17.3 Å². The number of rotatable bonds is 3. The molecule has 1 saturated heterocycles. The molecule has 1 aliphatic rings. The molecule has 0 bridgehead atoms. The van der Waals surface area contributed by atoms with Crippen molar-refractivity contribution in [2.24, 2.45) is 0 Å². The molecule has 0 radical (unpaired) electrons. The molecule has 1 aromatic carbocycles. The highest BCUT2D eigenvalue weighted by Crippen LogP contribution is 2.30. The van der Waals surface area contributed by atoms with Crippen LogP contribution in [-0.4, -0.2) is 46.3 Å². The van der Waals surface area contributed by atoms with E-state index in [1.165, 1.54) is 6.33 Å². The summed E-state index contributed by atoms with van der Waals surface area (Å²) in [5.41, 5.74) is 1.60. The minimum atomic E-state index is 0. The molecule has 4 rings (SSSR count). The summed E-state index contributed by atoms with van der Waals surface area (Å²) in [4.78, 5) is 10.9. The number of H-pyrrole nitrogens is 1. The first-order chi connectivity index (χ1) is 11.3. The first-order valence-corrected chi connectivity index (χ1v) is 7.86. The zero-order valence-electron chi connectivity index (χ0n) is 13.2. The summed E-state index contributed by atoms with van der Waals surface area (Å²) in [7, 11) is 0. The van der Waals surface area contributed by atoms with Crippen molar-refractivity contribution in [3.63, 3.8) is 0 Å². The fourth-order valence-electron chi connectivity index (χ4n) is 2.75. The molecule has 0 aliphatic carbocycles. The number of halogens is 3. The van der Waals surface area contributed by atoms with E-state index in [1.807, 2.05) is 24.3 Å². The van der Waals surface area contributed by atoms with Gasteiger partial charge in [0.05, 0.1) is 0 Å². The van der Waals surface area contributed by atoms with Crippen LogP contribution in [0.5, 0.6) is 0 Å². The number of nitrogens with zero attached hydrogens (tertiary/aromatic N) is 4. The van der Waals surface area contributed by atoms with Gasteiger partial charge in [0, 0.05) is 36.9 Å². The van der Waals surface area contributed by atoms with Gasteiger partial charge in [-0.3, -0.25) is 5.10 Å². The lowest BCUT2D eigenvalue weighted by Crippen LogP contribution is -2.43. The third kappa shape index (κ3) is 4.07. The van der Waals surface area contributed by atoms with Crippen LogP contribution >= 0.6 is 36.4 Å². The van der Waals surface area contributed by atoms with E-state index in [1.54, 1.807) is 0 Å². The largest absolute Gasteiger partial charge is 0.352 e. The molecule has 7 nitrogen and oxygen atoms in total. The summed E-state index contributed by atoms with van der Waals surface area (Å²) in [5, 5.41) is 15.7. The van der Waals surface area contributed by atoms with Crippen molar-refractivity contribution in [3.05, 3.63) is 35.6 Å². The van der Waals surface area contributed by atoms with Crippen LogP contribution in [0.1, 0.15) is 0 Å². The zero-order chi connectivity index (χ0) is 15.6. The predicted octanol–water partition coefficient (Wildman–Crippen LogP) is 3.00. The van der Waals surface area contributed by atoms with E-state index in [0.717, 1.165) is 54.5 Å². The van der Waals surface area contributed by atoms with Crippen LogP contribution in [0.25, 0.3) is 11.0 Å². The molecule has 3 N–H and O–H groups in total. The molecule has 1 fully saturated rings. The molecule has 0 atom stereocenters. The van der Waals surface area contributed by atoms with Gasteiger partial charge in [-0.1, -0.05) is 17.7 Å². The summed E-state index contributed by atoms with van der Waals surface area (Å²) in [5.74, 6) is 1.60. The number of anilines is 3. The molecule has 10 heteroatoms. The molecular formula is C15H18Cl3N7. The van der Waals surface area contributed by atoms with Gasteiger partial charge in [-0.25, -0.2) is 9.97 Å². The zero-order valence-corrected chi connectivity index (χ0v) is 15.6. The molecule has 1 aliphatic heterocycles. The van der Waals surface area contributed by atoms with Crippen molar-refractivity contribution in [1.82, 2.24) is 25.5 Å². The van der Waals surface area contributed by atoms with E-state index in [2.05, 4.69) is 35.7 Å². The van der Waals surface area contributed by atoms with Crippen molar-refractivity contribution < 1.29 is 0 Å². The van der Waals surface area contributed by atoms with Crippen LogP contribution < -0.4 is 15.5 Å². The maximum atomic E-state index is 6.05. The summed E-state index contributed by atoms with van der Waals surface area (Å²) >= 11 is 6.05. The second-order valence-corrected chi connectivity index (χ2v) is 5.80. The minimum Gasteiger partial charge on any atom is -0.352 e. The van der Waals surface area contributed by atoms with Crippen LogP contribution in [0.15, 0.2) is 30.6 Å². The summed E-state index contributed by atoms with van der Waals surface area (Å²) in [6.45, 7) is 3.70. The third-order valence-corrected chi connectivity index (χ3v) is 4.08. The Morgan fingerprint density at radius 2 is 1.92 bits per heavy atom. The Morgan fingerprint density at radius 3 is 2.68 bits per heavy atom. The molecule has 0 unspecified atom stereocenters. The van der Waals surface area contributed by atoms with Gasteiger partial charge in [0.1, 0.15) is 17.5 Å². The minimum absolute atomic E-state index is 0. The van der Waals surface area contributed by atoms with E-state index in [4.69, 9.17) is 11.6 Å². The van der Waals surface area contributed by atoms with Crippen LogP contribution in [-0.2, 0) is 0 Å². The Morgan fingerprint density at radius 1 is 1.12 bits per heavy atom. The van der Waals surface area contributed by atoms with Gasteiger partial charge in [0.25, 0.3) is 0 Å². The molecule has 3 aromatic rings. The number of benzene rings is 1. The fourth-order valence-corrected chi connectivity index (χ4v) is 2.94. The van der Waals surface area contributed by atoms with Crippen molar-refractivity contribution >= 4 is 64.8 Å². The lowest BCUT2D eigenvalue weighted by atomic mass is 10.2. The molecule has 25 heavy (non-hydrogen) atoms. The van der Waals surface area contributed by atoms with Crippen molar-refractivity contribution in [1.29, 1.82) is 0 Å². The quantitative estimate of drug-likeness (QED) is 0.625. The number of aromatic nitrogens is 4. The molecule has 0 spiro atoms. The number of hydrogen-bond acceptors (Lipinski definition) is 6. The maximum absolute atomic E-state index is 6.05. The Kier molecular flexibility index (Phi) is 6.66. The van der Waals surface area contributed by atoms with Gasteiger partial charge in [0.15, 0.2) is 11.5 Å². The van der Waals surface area contributed by atoms with E-state index in [-0.39, 0.29) is 24.8 Å². The van der Waals surface area contributed by atoms with Gasteiger partial charge >= 0.3 is 0 Å². The van der Waals surface area contributed by atoms with E-state index in [0.29, 0.717) is 5.02 Å². The lowest BCUT2D eigenvalue weighted by Gasteiger charge is -2.27. The first-order valence-electron chi connectivity index (χ1n) is 7.48. The highest BCUT2D eigenvalue weighted by atomic mass is 35.5. The highest BCUT2D eigenvalue weighted by Gasteiger charge is 2.20. The normalized spacial score (nSPS) is 13.9. The topological polar surface area (TPSA) is 81.8 Å².